The molecular weight excluding hydrogens is 252 g/mol. The van der Waals surface area contributed by atoms with Gasteiger partial charge in [-0.05, 0) is 24.0 Å². The van der Waals surface area contributed by atoms with Gasteiger partial charge in [0, 0.05) is 31.5 Å². The van der Waals surface area contributed by atoms with Gasteiger partial charge < -0.3 is 15.6 Å². The van der Waals surface area contributed by atoms with Gasteiger partial charge in [-0.2, -0.15) is 0 Å². The lowest BCUT2D eigenvalue weighted by molar-refractivity contribution is 0.699. The third-order valence-electron chi connectivity index (χ3n) is 3.53. The Balaban J connectivity index is 1.71. The molecular formula is C15H18N4O. The summed E-state index contributed by atoms with van der Waals surface area (Å²) < 4.78 is 1.77. The van der Waals surface area contributed by atoms with Crippen molar-refractivity contribution in [3.05, 3.63) is 58.1 Å². The summed E-state index contributed by atoms with van der Waals surface area (Å²) in [6.45, 7) is 1.13. The Morgan fingerprint density at radius 3 is 2.60 bits per heavy atom. The monoisotopic (exact) mass is 270 g/mol. The van der Waals surface area contributed by atoms with Gasteiger partial charge in [-0.3, -0.25) is 4.79 Å². The third kappa shape index (κ3) is 2.72. The number of nitrogens with one attached hydrogen (secondary N) is 1. The van der Waals surface area contributed by atoms with Gasteiger partial charge in [-0.25, -0.2) is 4.98 Å². The van der Waals surface area contributed by atoms with E-state index < -0.39 is 0 Å². The lowest BCUT2D eigenvalue weighted by atomic mass is 10.1. The van der Waals surface area contributed by atoms with Crippen LogP contribution in [0.1, 0.15) is 30.0 Å². The first-order chi connectivity index (χ1) is 9.78. The molecule has 0 spiro atoms. The molecule has 1 saturated carbocycles. The Kier molecular flexibility index (Phi) is 3.52. The summed E-state index contributed by atoms with van der Waals surface area (Å²) in [7, 11) is 0. The highest BCUT2D eigenvalue weighted by Gasteiger charge is 2.25. The van der Waals surface area contributed by atoms with Crippen molar-refractivity contribution in [1.29, 1.82) is 0 Å². The van der Waals surface area contributed by atoms with Crippen LogP contribution in [0.4, 0.5) is 5.82 Å². The quantitative estimate of drug-likeness (QED) is 0.866. The van der Waals surface area contributed by atoms with Gasteiger partial charge in [-0.1, -0.05) is 24.3 Å². The molecule has 1 aromatic carbocycles. The number of nitrogens with zero attached hydrogens (tertiary/aromatic N) is 2. The summed E-state index contributed by atoms with van der Waals surface area (Å²) in [5.41, 5.74) is 7.73. The van der Waals surface area contributed by atoms with Crippen molar-refractivity contribution >= 4 is 5.82 Å². The van der Waals surface area contributed by atoms with Gasteiger partial charge in [-0.15, -0.1) is 0 Å². The van der Waals surface area contributed by atoms with Crippen LogP contribution >= 0.6 is 0 Å². The molecule has 20 heavy (non-hydrogen) atoms. The zero-order valence-electron chi connectivity index (χ0n) is 11.2. The zero-order chi connectivity index (χ0) is 13.9. The smallest absolute Gasteiger partial charge is 0.293 e. The van der Waals surface area contributed by atoms with Crippen molar-refractivity contribution in [2.75, 3.05) is 5.32 Å². The van der Waals surface area contributed by atoms with E-state index in [1.807, 2.05) is 24.3 Å². The molecule has 1 heterocycles. The Bertz CT molecular complexity index is 644. The Hall–Kier alpha value is -2.14. The number of hydrogen-bond acceptors (Lipinski definition) is 4. The van der Waals surface area contributed by atoms with Crippen LogP contribution in [0.25, 0.3) is 0 Å². The molecule has 0 aliphatic heterocycles. The van der Waals surface area contributed by atoms with Gasteiger partial charge in [0.1, 0.15) is 0 Å². The average Bonchev–Trinajstić information content (AvgIpc) is 3.31. The second-order valence-corrected chi connectivity index (χ2v) is 5.09. The fraction of sp³-hybridized carbons (Fsp3) is 0.333. The first kappa shape index (κ1) is 12.9. The minimum Gasteiger partial charge on any atom is -0.361 e. The summed E-state index contributed by atoms with van der Waals surface area (Å²) in [6, 6.07) is 8.39. The minimum absolute atomic E-state index is 0.0337. The van der Waals surface area contributed by atoms with Crippen LogP contribution in [-0.4, -0.2) is 9.55 Å². The van der Waals surface area contributed by atoms with E-state index in [1.165, 1.54) is 0 Å². The number of hydrogen-bond donors (Lipinski definition) is 2. The standard InChI is InChI=1S/C15H18N4O/c16-9-11-1-3-12(4-2-11)10-18-14-15(20)19(8-7-17-14)13-5-6-13/h1-4,7-8,13H,5-6,9-10,16H2,(H,17,18). The van der Waals surface area contributed by atoms with E-state index in [1.54, 1.807) is 17.0 Å². The number of nitrogens with two attached hydrogens (primary N) is 1. The second-order valence-electron chi connectivity index (χ2n) is 5.09. The third-order valence-corrected chi connectivity index (χ3v) is 3.53. The molecule has 0 amide bonds. The summed E-state index contributed by atoms with van der Waals surface area (Å²) in [6.07, 6.45) is 5.62. The van der Waals surface area contributed by atoms with Crippen molar-refractivity contribution in [2.24, 2.45) is 5.73 Å². The Labute approximate surface area is 117 Å². The maximum atomic E-state index is 12.2. The van der Waals surface area contributed by atoms with Crippen molar-refractivity contribution in [3.63, 3.8) is 0 Å². The first-order valence-corrected chi connectivity index (χ1v) is 6.87. The summed E-state index contributed by atoms with van der Waals surface area (Å²) in [4.78, 5) is 16.3. The van der Waals surface area contributed by atoms with Gasteiger partial charge in [0.15, 0.2) is 5.82 Å². The van der Waals surface area contributed by atoms with E-state index in [9.17, 15) is 4.79 Å². The second kappa shape index (κ2) is 5.46. The molecule has 1 fully saturated rings. The van der Waals surface area contributed by atoms with Gasteiger partial charge in [0.2, 0.25) is 0 Å². The van der Waals surface area contributed by atoms with Gasteiger partial charge in [0.05, 0.1) is 0 Å². The van der Waals surface area contributed by atoms with Crippen molar-refractivity contribution in [3.8, 4) is 0 Å². The predicted octanol–water partition coefficient (Wildman–Crippen LogP) is 1.65. The highest BCUT2D eigenvalue weighted by Crippen LogP contribution is 2.33. The molecule has 104 valence electrons. The maximum Gasteiger partial charge on any atom is 0.293 e. The van der Waals surface area contributed by atoms with E-state index in [2.05, 4.69) is 10.3 Å². The highest BCUT2D eigenvalue weighted by atomic mass is 16.1. The van der Waals surface area contributed by atoms with Crippen LogP contribution in [0.2, 0.25) is 0 Å². The lowest BCUT2D eigenvalue weighted by Crippen LogP contribution is -2.23. The van der Waals surface area contributed by atoms with Crippen LogP contribution in [0.5, 0.6) is 0 Å². The van der Waals surface area contributed by atoms with Crippen LogP contribution < -0.4 is 16.6 Å². The number of rotatable bonds is 5. The largest absolute Gasteiger partial charge is 0.361 e. The van der Waals surface area contributed by atoms with E-state index in [-0.39, 0.29) is 5.56 Å². The zero-order valence-corrected chi connectivity index (χ0v) is 11.2. The van der Waals surface area contributed by atoms with Crippen molar-refractivity contribution < 1.29 is 0 Å². The molecule has 1 aliphatic rings. The molecule has 5 heteroatoms. The molecule has 0 bridgehead atoms. The minimum atomic E-state index is -0.0337. The van der Waals surface area contributed by atoms with Crippen molar-refractivity contribution in [2.45, 2.75) is 32.0 Å². The van der Waals surface area contributed by atoms with Crippen LogP contribution in [0, 0.1) is 0 Å². The van der Waals surface area contributed by atoms with E-state index in [0.717, 1.165) is 24.0 Å². The summed E-state index contributed by atoms with van der Waals surface area (Å²) in [5, 5.41) is 3.11. The number of benzene rings is 1. The highest BCUT2D eigenvalue weighted by molar-refractivity contribution is 5.34. The van der Waals surface area contributed by atoms with E-state index in [4.69, 9.17) is 5.73 Å². The summed E-state index contributed by atoms with van der Waals surface area (Å²) >= 11 is 0. The number of anilines is 1. The first-order valence-electron chi connectivity index (χ1n) is 6.87. The molecule has 3 rings (SSSR count). The van der Waals surface area contributed by atoms with Crippen LogP contribution in [0.3, 0.4) is 0 Å². The predicted molar refractivity (Wildman–Crippen MR) is 78.4 cm³/mol. The molecule has 1 aliphatic carbocycles. The molecule has 5 nitrogen and oxygen atoms in total. The van der Waals surface area contributed by atoms with Gasteiger partial charge >= 0.3 is 0 Å². The average molecular weight is 270 g/mol. The van der Waals surface area contributed by atoms with E-state index in [0.29, 0.717) is 24.9 Å². The molecule has 0 saturated heterocycles. The molecule has 1 aromatic heterocycles. The molecule has 0 atom stereocenters. The van der Waals surface area contributed by atoms with Gasteiger partial charge in [0.25, 0.3) is 5.56 Å². The topological polar surface area (TPSA) is 72.9 Å². The fourth-order valence-corrected chi connectivity index (χ4v) is 2.17. The van der Waals surface area contributed by atoms with Crippen molar-refractivity contribution in [1.82, 2.24) is 9.55 Å². The van der Waals surface area contributed by atoms with Crippen LogP contribution in [-0.2, 0) is 13.1 Å². The summed E-state index contributed by atoms with van der Waals surface area (Å²) in [5.74, 6) is 0.419. The lowest BCUT2D eigenvalue weighted by Gasteiger charge is -2.08. The Morgan fingerprint density at radius 1 is 1.25 bits per heavy atom. The maximum absolute atomic E-state index is 12.2. The SMILES string of the molecule is NCc1ccc(CNc2nccn(C3CC3)c2=O)cc1. The van der Waals surface area contributed by atoms with Crippen LogP contribution in [0.15, 0.2) is 41.5 Å². The normalized spacial score (nSPS) is 14.2. The molecule has 0 unspecified atom stereocenters. The molecule has 3 N–H and O–H groups in total. The Morgan fingerprint density at radius 2 is 1.95 bits per heavy atom. The molecule has 0 radical (unpaired) electrons. The molecule has 2 aromatic rings. The fourth-order valence-electron chi connectivity index (χ4n) is 2.17. The van der Waals surface area contributed by atoms with E-state index >= 15 is 0 Å². The number of aromatic nitrogens is 2.